The van der Waals surface area contributed by atoms with E-state index in [1.54, 1.807) is 18.7 Å². The first-order chi connectivity index (χ1) is 16.9. The van der Waals surface area contributed by atoms with Crippen molar-refractivity contribution in [3.63, 3.8) is 0 Å². The van der Waals surface area contributed by atoms with Crippen LogP contribution < -0.4 is 0 Å². The number of benzene rings is 2. The third-order valence-electron chi connectivity index (χ3n) is 6.43. The number of rotatable bonds is 9. The van der Waals surface area contributed by atoms with Crippen molar-refractivity contribution in [3.8, 4) is 0 Å². The maximum absolute atomic E-state index is 13.4. The summed E-state index contributed by atoms with van der Waals surface area (Å²) in [5.74, 6) is 0.0187. The van der Waals surface area contributed by atoms with Gasteiger partial charge in [0, 0.05) is 44.7 Å². The highest BCUT2D eigenvalue weighted by Gasteiger charge is 2.38. The Balaban J connectivity index is 1.60. The van der Waals surface area contributed by atoms with Crippen molar-refractivity contribution in [1.82, 2.24) is 14.1 Å². The highest BCUT2D eigenvalue weighted by Crippen LogP contribution is 2.33. The molecule has 2 aromatic carbocycles. The van der Waals surface area contributed by atoms with E-state index in [0.29, 0.717) is 45.0 Å². The summed E-state index contributed by atoms with van der Waals surface area (Å²) in [4.78, 5) is 16.2. The van der Waals surface area contributed by atoms with Crippen LogP contribution in [0.15, 0.2) is 59.5 Å². The van der Waals surface area contributed by atoms with Crippen molar-refractivity contribution < 1.29 is 26.4 Å². The van der Waals surface area contributed by atoms with Gasteiger partial charge in [0.2, 0.25) is 15.9 Å². The molecular formula is C26H34F3N3O3S. The summed E-state index contributed by atoms with van der Waals surface area (Å²) in [7, 11) is -2.18. The average Bonchev–Trinajstić information content (AvgIpc) is 2.83. The van der Waals surface area contributed by atoms with Crippen LogP contribution in [0.4, 0.5) is 13.2 Å². The molecule has 0 N–H and O–H groups in total. The quantitative estimate of drug-likeness (QED) is 0.480. The monoisotopic (exact) mass is 525 g/mol. The molecule has 2 aromatic rings. The SMILES string of the molecule is CC(C)N(C1CCN(C(=O)CCN(C)Cc2ccccc2)CC1)S(=O)(=O)c1cccc(C(F)(F)F)c1. The molecule has 0 unspecified atom stereocenters. The van der Waals surface area contributed by atoms with Crippen LogP contribution in [0.25, 0.3) is 0 Å². The molecule has 198 valence electrons. The molecule has 1 amide bonds. The normalized spacial score (nSPS) is 15.8. The molecule has 0 aliphatic carbocycles. The molecule has 0 aromatic heterocycles. The summed E-state index contributed by atoms with van der Waals surface area (Å²) >= 11 is 0. The van der Waals surface area contributed by atoms with Gasteiger partial charge in [0.1, 0.15) is 0 Å². The van der Waals surface area contributed by atoms with Gasteiger partial charge < -0.3 is 9.80 Å². The summed E-state index contributed by atoms with van der Waals surface area (Å²) in [6.45, 7) is 5.60. The summed E-state index contributed by atoms with van der Waals surface area (Å²) in [5.41, 5.74) is 0.175. The smallest absolute Gasteiger partial charge is 0.343 e. The second-order valence-electron chi connectivity index (χ2n) is 9.54. The third kappa shape index (κ3) is 7.08. The van der Waals surface area contributed by atoms with E-state index >= 15 is 0 Å². The molecule has 6 nitrogen and oxygen atoms in total. The minimum absolute atomic E-state index is 0.0187. The highest BCUT2D eigenvalue weighted by atomic mass is 32.2. The number of carbonyl (C=O) groups is 1. The van der Waals surface area contributed by atoms with Crippen molar-refractivity contribution >= 4 is 15.9 Å². The van der Waals surface area contributed by atoms with Crippen molar-refractivity contribution in [2.45, 2.75) is 62.8 Å². The first-order valence-electron chi connectivity index (χ1n) is 12.1. The van der Waals surface area contributed by atoms with E-state index in [-0.39, 0.29) is 10.8 Å². The molecule has 1 aliphatic rings. The molecule has 10 heteroatoms. The maximum Gasteiger partial charge on any atom is 0.416 e. The van der Waals surface area contributed by atoms with E-state index in [0.717, 1.165) is 18.7 Å². The van der Waals surface area contributed by atoms with Gasteiger partial charge in [0.05, 0.1) is 10.5 Å². The number of halogens is 3. The Morgan fingerprint density at radius 3 is 2.28 bits per heavy atom. The fourth-order valence-electron chi connectivity index (χ4n) is 4.64. The molecule has 0 spiro atoms. The van der Waals surface area contributed by atoms with Gasteiger partial charge in [-0.1, -0.05) is 36.4 Å². The first kappa shape index (κ1) is 28.1. The molecule has 0 saturated carbocycles. The zero-order chi connectivity index (χ0) is 26.5. The lowest BCUT2D eigenvalue weighted by atomic mass is 10.0. The standard InChI is InChI=1S/C26H34F3N3O3S/c1-20(2)32(36(34,35)24-11-7-10-22(18-24)26(27,28)29)23-12-16-31(17-13-23)25(33)14-15-30(3)19-21-8-5-4-6-9-21/h4-11,18,20,23H,12-17,19H2,1-3H3. The second-order valence-corrected chi connectivity index (χ2v) is 11.4. The Bertz CT molecular complexity index is 1120. The topological polar surface area (TPSA) is 60.9 Å². The van der Waals surface area contributed by atoms with Gasteiger partial charge in [0.15, 0.2) is 0 Å². The number of hydrogen-bond acceptors (Lipinski definition) is 4. The number of carbonyl (C=O) groups excluding carboxylic acids is 1. The fourth-order valence-corrected chi connectivity index (χ4v) is 6.57. The van der Waals surface area contributed by atoms with E-state index in [1.807, 2.05) is 37.4 Å². The van der Waals surface area contributed by atoms with Crippen LogP contribution in [0.1, 0.15) is 44.2 Å². The molecule has 1 aliphatic heterocycles. The van der Waals surface area contributed by atoms with E-state index in [1.165, 1.54) is 15.9 Å². The van der Waals surface area contributed by atoms with Crippen LogP contribution in [0.5, 0.6) is 0 Å². The number of amides is 1. The molecular weight excluding hydrogens is 491 g/mol. The molecule has 1 saturated heterocycles. The van der Waals surface area contributed by atoms with Gasteiger partial charge in [-0.25, -0.2) is 8.42 Å². The molecule has 36 heavy (non-hydrogen) atoms. The predicted octanol–water partition coefficient (Wildman–Crippen LogP) is 4.62. The number of nitrogens with zero attached hydrogens (tertiary/aromatic N) is 3. The van der Waals surface area contributed by atoms with Gasteiger partial charge in [-0.2, -0.15) is 17.5 Å². The predicted molar refractivity (Wildman–Crippen MR) is 133 cm³/mol. The van der Waals surface area contributed by atoms with E-state index < -0.39 is 33.8 Å². The summed E-state index contributed by atoms with van der Waals surface area (Å²) in [6, 6.07) is 13.0. The van der Waals surface area contributed by atoms with Crippen LogP contribution in [-0.4, -0.2) is 67.2 Å². The van der Waals surface area contributed by atoms with Crippen molar-refractivity contribution in [3.05, 3.63) is 65.7 Å². The van der Waals surface area contributed by atoms with Gasteiger partial charge in [0.25, 0.3) is 0 Å². The molecule has 1 fully saturated rings. The van der Waals surface area contributed by atoms with Crippen LogP contribution in [0.2, 0.25) is 0 Å². The molecule has 1 heterocycles. The molecule has 0 radical (unpaired) electrons. The zero-order valence-corrected chi connectivity index (χ0v) is 21.7. The van der Waals surface area contributed by atoms with Gasteiger partial charge in [-0.05, 0) is 57.5 Å². The minimum Gasteiger partial charge on any atom is -0.343 e. The first-order valence-corrected chi connectivity index (χ1v) is 13.5. The highest BCUT2D eigenvalue weighted by molar-refractivity contribution is 7.89. The number of likely N-dealkylation sites (tertiary alicyclic amines) is 1. The van der Waals surface area contributed by atoms with Gasteiger partial charge in [-0.3, -0.25) is 4.79 Å². The molecule has 0 bridgehead atoms. The number of alkyl halides is 3. The largest absolute Gasteiger partial charge is 0.416 e. The summed E-state index contributed by atoms with van der Waals surface area (Å²) < 4.78 is 67.5. The Morgan fingerprint density at radius 1 is 1.06 bits per heavy atom. The second kappa shape index (κ2) is 11.7. The average molecular weight is 526 g/mol. The van der Waals surface area contributed by atoms with Gasteiger partial charge in [-0.15, -0.1) is 0 Å². The van der Waals surface area contributed by atoms with Crippen molar-refractivity contribution in [2.75, 3.05) is 26.7 Å². The summed E-state index contributed by atoms with van der Waals surface area (Å²) in [5, 5.41) is 0. The lowest BCUT2D eigenvalue weighted by Crippen LogP contribution is -2.51. The summed E-state index contributed by atoms with van der Waals surface area (Å²) in [6.07, 6.45) is -3.40. The number of sulfonamides is 1. The molecule has 0 atom stereocenters. The lowest BCUT2D eigenvalue weighted by Gasteiger charge is -2.39. The third-order valence-corrected chi connectivity index (χ3v) is 8.55. The lowest BCUT2D eigenvalue weighted by molar-refractivity contribution is -0.137. The fraction of sp³-hybridized carbons (Fsp3) is 0.500. The number of hydrogen-bond donors (Lipinski definition) is 0. The van der Waals surface area contributed by atoms with Crippen LogP contribution in [0.3, 0.4) is 0 Å². The van der Waals surface area contributed by atoms with E-state index in [2.05, 4.69) is 4.90 Å². The Kier molecular flexibility index (Phi) is 9.18. The van der Waals surface area contributed by atoms with Crippen LogP contribution >= 0.6 is 0 Å². The van der Waals surface area contributed by atoms with Crippen molar-refractivity contribution in [2.24, 2.45) is 0 Å². The Hall–Kier alpha value is -2.43. The van der Waals surface area contributed by atoms with E-state index in [4.69, 9.17) is 0 Å². The maximum atomic E-state index is 13.4. The Labute approximate surface area is 211 Å². The molecule has 3 rings (SSSR count). The zero-order valence-electron chi connectivity index (χ0n) is 20.9. The van der Waals surface area contributed by atoms with Crippen LogP contribution in [-0.2, 0) is 27.5 Å². The van der Waals surface area contributed by atoms with E-state index in [9.17, 15) is 26.4 Å². The van der Waals surface area contributed by atoms with Crippen molar-refractivity contribution in [1.29, 1.82) is 0 Å². The Morgan fingerprint density at radius 2 is 1.69 bits per heavy atom. The minimum atomic E-state index is -4.63. The van der Waals surface area contributed by atoms with Crippen LogP contribution in [0, 0.1) is 0 Å². The van der Waals surface area contributed by atoms with Gasteiger partial charge >= 0.3 is 6.18 Å². The number of piperidine rings is 1.